The number of hydrogen-bond donors (Lipinski definition) is 1. The Hall–Kier alpha value is -0.930. The molecule has 20 heavy (non-hydrogen) atoms. The van der Waals surface area contributed by atoms with Gasteiger partial charge in [-0.25, -0.2) is 0 Å². The highest BCUT2D eigenvalue weighted by atomic mass is 16.3. The van der Waals surface area contributed by atoms with Crippen molar-refractivity contribution in [2.45, 2.75) is 58.4 Å². The molecule has 1 rings (SSSR count). The molecule has 1 heterocycles. The van der Waals surface area contributed by atoms with Crippen LogP contribution in [0.2, 0.25) is 0 Å². The Morgan fingerprint density at radius 1 is 1.20 bits per heavy atom. The normalized spacial score (nSPS) is 12.8. The Labute approximate surface area is 124 Å². The molecule has 114 valence electrons. The minimum Gasteiger partial charge on any atom is -0.395 e. The van der Waals surface area contributed by atoms with Crippen LogP contribution in [0.5, 0.6) is 0 Å². The summed E-state index contributed by atoms with van der Waals surface area (Å²) in [6, 6.07) is 4.38. The van der Waals surface area contributed by atoms with Crippen LogP contribution in [0.4, 0.5) is 0 Å². The molecule has 0 spiro atoms. The van der Waals surface area contributed by atoms with Gasteiger partial charge in [0, 0.05) is 19.3 Å². The molecular formula is C17H30N2O. The second-order valence-corrected chi connectivity index (χ2v) is 5.67. The van der Waals surface area contributed by atoms with Crippen molar-refractivity contribution in [3.8, 4) is 0 Å². The Kier molecular flexibility index (Phi) is 8.47. The highest BCUT2D eigenvalue weighted by Gasteiger charge is 2.11. The molecule has 0 aliphatic carbocycles. The van der Waals surface area contributed by atoms with E-state index in [1.807, 2.05) is 7.05 Å². The summed E-state index contributed by atoms with van der Waals surface area (Å²) in [6.07, 6.45) is 8.37. The van der Waals surface area contributed by atoms with E-state index in [2.05, 4.69) is 42.1 Å². The van der Waals surface area contributed by atoms with E-state index in [0.717, 1.165) is 12.2 Å². The first-order valence-corrected chi connectivity index (χ1v) is 7.95. The molecule has 0 aliphatic heterocycles. The van der Waals surface area contributed by atoms with E-state index < -0.39 is 0 Å². The Morgan fingerprint density at radius 3 is 2.55 bits per heavy atom. The third-order valence-electron chi connectivity index (χ3n) is 3.78. The van der Waals surface area contributed by atoms with Gasteiger partial charge in [-0.15, -0.1) is 0 Å². The maximum Gasteiger partial charge on any atom is 0.0558 e. The van der Waals surface area contributed by atoms with Crippen LogP contribution in [-0.4, -0.2) is 35.2 Å². The summed E-state index contributed by atoms with van der Waals surface area (Å²) in [6.45, 7) is 6.20. The zero-order chi connectivity index (χ0) is 14.8. The summed E-state index contributed by atoms with van der Waals surface area (Å²) in [5, 5.41) is 8.91. The number of likely N-dealkylation sites (N-methyl/N-ethyl adjacent to an activating group) is 1. The lowest BCUT2D eigenvalue weighted by atomic mass is 9.91. The van der Waals surface area contributed by atoms with Crippen LogP contribution in [0, 0.1) is 0 Å². The molecular weight excluding hydrogens is 248 g/mol. The predicted octanol–water partition coefficient (Wildman–Crippen LogP) is 3.58. The third-order valence-corrected chi connectivity index (χ3v) is 3.78. The van der Waals surface area contributed by atoms with Gasteiger partial charge in [-0.1, -0.05) is 39.2 Å². The maximum atomic E-state index is 8.91. The van der Waals surface area contributed by atoms with E-state index in [1.165, 1.54) is 37.7 Å². The fourth-order valence-corrected chi connectivity index (χ4v) is 2.57. The molecule has 0 aromatic carbocycles. The highest BCUT2D eigenvalue weighted by Crippen LogP contribution is 2.26. The Bertz CT molecular complexity index is 351. The molecule has 3 heteroatoms. The summed E-state index contributed by atoms with van der Waals surface area (Å²) in [5.74, 6) is 0.664. The van der Waals surface area contributed by atoms with Crippen LogP contribution in [-0.2, 0) is 6.54 Å². The average molecular weight is 278 g/mol. The van der Waals surface area contributed by atoms with Crippen molar-refractivity contribution in [1.82, 2.24) is 9.88 Å². The first-order valence-electron chi connectivity index (χ1n) is 7.95. The summed E-state index contributed by atoms with van der Waals surface area (Å²) in [5.41, 5.74) is 2.46. The molecule has 0 radical (unpaired) electrons. The topological polar surface area (TPSA) is 36.4 Å². The molecule has 0 saturated heterocycles. The van der Waals surface area contributed by atoms with Gasteiger partial charge in [0.25, 0.3) is 0 Å². The largest absolute Gasteiger partial charge is 0.395 e. The average Bonchev–Trinajstić information content (AvgIpc) is 2.44. The lowest BCUT2D eigenvalue weighted by Crippen LogP contribution is -2.22. The molecule has 0 fully saturated rings. The molecule has 1 N–H and O–H groups in total. The van der Waals surface area contributed by atoms with E-state index in [-0.39, 0.29) is 6.61 Å². The second kappa shape index (κ2) is 9.89. The molecule has 1 unspecified atom stereocenters. The number of aliphatic hydroxyl groups excluding tert-OH is 1. The Balaban J connectivity index is 2.62. The maximum absolute atomic E-state index is 8.91. The number of rotatable bonds is 10. The number of aliphatic hydroxyl groups is 1. The first kappa shape index (κ1) is 17.1. The highest BCUT2D eigenvalue weighted by molar-refractivity contribution is 5.18. The number of aromatic nitrogens is 1. The fraction of sp³-hybridized carbons (Fsp3) is 0.706. The Morgan fingerprint density at radius 2 is 2.00 bits per heavy atom. The van der Waals surface area contributed by atoms with Crippen molar-refractivity contribution in [1.29, 1.82) is 0 Å². The number of nitrogens with zero attached hydrogens (tertiary/aromatic N) is 2. The van der Waals surface area contributed by atoms with Gasteiger partial charge < -0.3 is 5.11 Å². The van der Waals surface area contributed by atoms with E-state index in [1.54, 1.807) is 0 Å². The zero-order valence-corrected chi connectivity index (χ0v) is 13.3. The van der Waals surface area contributed by atoms with E-state index >= 15 is 0 Å². The second-order valence-electron chi connectivity index (χ2n) is 5.67. The lowest BCUT2D eigenvalue weighted by Gasteiger charge is -2.18. The fourth-order valence-electron chi connectivity index (χ4n) is 2.57. The molecule has 3 nitrogen and oxygen atoms in total. The molecule has 0 aliphatic rings. The predicted molar refractivity (Wildman–Crippen MR) is 84.8 cm³/mol. The van der Waals surface area contributed by atoms with Crippen LogP contribution in [0.3, 0.4) is 0 Å². The smallest absolute Gasteiger partial charge is 0.0558 e. The van der Waals surface area contributed by atoms with Crippen LogP contribution in [0.15, 0.2) is 18.3 Å². The van der Waals surface area contributed by atoms with Gasteiger partial charge in [0.15, 0.2) is 0 Å². The quantitative estimate of drug-likeness (QED) is 0.710. The molecule has 1 aromatic rings. The van der Waals surface area contributed by atoms with Gasteiger partial charge in [-0.3, -0.25) is 9.88 Å². The van der Waals surface area contributed by atoms with Crippen molar-refractivity contribution in [2.75, 3.05) is 20.2 Å². The standard InChI is InChI=1S/C17H30N2O/c1-4-6-8-15(7-5-2)16-9-10-17(18-13-16)14-19(3)11-12-20/h9-10,13,15,20H,4-8,11-12,14H2,1-3H3. The zero-order valence-electron chi connectivity index (χ0n) is 13.3. The van der Waals surface area contributed by atoms with Gasteiger partial charge in [0.2, 0.25) is 0 Å². The molecule has 0 bridgehead atoms. The number of unbranched alkanes of at least 4 members (excludes halogenated alkanes) is 1. The summed E-state index contributed by atoms with van der Waals surface area (Å²) in [7, 11) is 2.01. The summed E-state index contributed by atoms with van der Waals surface area (Å²) >= 11 is 0. The van der Waals surface area contributed by atoms with Crippen molar-refractivity contribution in [3.05, 3.63) is 29.6 Å². The van der Waals surface area contributed by atoms with Gasteiger partial charge in [0.1, 0.15) is 0 Å². The van der Waals surface area contributed by atoms with Crippen LogP contribution >= 0.6 is 0 Å². The summed E-state index contributed by atoms with van der Waals surface area (Å²) < 4.78 is 0. The molecule has 0 saturated carbocycles. The monoisotopic (exact) mass is 278 g/mol. The van der Waals surface area contributed by atoms with Crippen LogP contribution in [0.25, 0.3) is 0 Å². The SMILES string of the molecule is CCCCC(CCC)c1ccc(CN(C)CCO)nc1. The minimum atomic E-state index is 0.199. The molecule has 0 amide bonds. The van der Waals surface area contributed by atoms with E-state index in [9.17, 15) is 0 Å². The van der Waals surface area contributed by atoms with Gasteiger partial charge in [0.05, 0.1) is 12.3 Å². The molecule has 1 atom stereocenters. The van der Waals surface area contributed by atoms with Crippen molar-refractivity contribution in [2.24, 2.45) is 0 Å². The molecule has 1 aromatic heterocycles. The number of pyridine rings is 1. The van der Waals surface area contributed by atoms with Crippen LogP contribution in [0.1, 0.15) is 63.1 Å². The first-order chi connectivity index (χ1) is 9.71. The van der Waals surface area contributed by atoms with E-state index in [4.69, 9.17) is 5.11 Å². The van der Waals surface area contributed by atoms with E-state index in [0.29, 0.717) is 12.5 Å². The third kappa shape index (κ3) is 6.02. The van der Waals surface area contributed by atoms with Crippen molar-refractivity contribution < 1.29 is 5.11 Å². The van der Waals surface area contributed by atoms with Gasteiger partial charge in [-0.05, 0) is 37.4 Å². The van der Waals surface area contributed by atoms with Crippen molar-refractivity contribution >= 4 is 0 Å². The number of hydrogen-bond acceptors (Lipinski definition) is 3. The van der Waals surface area contributed by atoms with Gasteiger partial charge >= 0.3 is 0 Å². The van der Waals surface area contributed by atoms with Crippen molar-refractivity contribution in [3.63, 3.8) is 0 Å². The van der Waals surface area contributed by atoms with Gasteiger partial charge in [-0.2, -0.15) is 0 Å². The van der Waals surface area contributed by atoms with Crippen LogP contribution < -0.4 is 0 Å². The minimum absolute atomic E-state index is 0.199. The lowest BCUT2D eigenvalue weighted by molar-refractivity contribution is 0.216. The summed E-state index contributed by atoms with van der Waals surface area (Å²) in [4.78, 5) is 6.67.